The van der Waals surface area contributed by atoms with Gasteiger partial charge in [0.1, 0.15) is 0 Å². The molecular formula is C18H23N3O. The minimum Gasteiger partial charge on any atom is -0.425 e. The quantitative estimate of drug-likeness (QED) is 0.662. The molecule has 22 heavy (non-hydrogen) atoms. The number of hydrogen-bond donors (Lipinski definition) is 2. The van der Waals surface area contributed by atoms with Gasteiger partial charge < -0.3 is 9.64 Å². The number of nitrogens with zero attached hydrogens (tertiary/aromatic N) is 1. The van der Waals surface area contributed by atoms with Gasteiger partial charge in [0.05, 0.1) is 0 Å². The Labute approximate surface area is 131 Å². The van der Waals surface area contributed by atoms with Crippen LogP contribution in [0.4, 0.5) is 0 Å². The minimum atomic E-state index is 0.141. The molecule has 1 saturated carbocycles. The Morgan fingerprint density at radius 2 is 1.73 bits per heavy atom. The summed E-state index contributed by atoms with van der Waals surface area (Å²) >= 11 is 0. The standard InChI is InChI=1S/C18H23N3O/c1-21-11-9-14(10-12-21)16(13-5-3-2-4-6-13)18(20)22-17(19)15-7-8-15/h2-6,15,19-20H,7-12H2,1H3. The third kappa shape index (κ3) is 3.45. The number of hydrogen-bond acceptors (Lipinski definition) is 4. The fraction of sp³-hybridized carbons (Fsp3) is 0.444. The van der Waals surface area contributed by atoms with Crippen LogP contribution < -0.4 is 0 Å². The van der Waals surface area contributed by atoms with E-state index in [0.717, 1.165) is 49.9 Å². The maximum Gasteiger partial charge on any atom is 0.221 e. The lowest BCUT2D eigenvalue weighted by molar-refractivity contribution is 0.313. The molecular weight excluding hydrogens is 274 g/mol. The highest BCUT2D eigenvalue weighted by Crippen LogP contribution is 2.32. The summed E-state index contributed by atoms with van der Waals surface area (Å²) in [5, 5.41) is 16.3. The topological polar surface area (TPSA) is 60.2 Å². The lowest BCUT2D eigenvalue weighted by Gasteiger charge is -2.26. The Morgan fingerprint density at radius 1 is 1.09 bits per heavy atom. The zero-order valence-electron chi connectivity index (χ0n) is 13.1. The molecule has 0 unspecified atom stereocenters. The summed E-state index contributed by atoms with van der Waals surface area (Å²) in [5.74, 6) is 0.634. The van der Waals surface area contributed by atoms with Gasteiger partial charge in [-0.05, 0) is 38.3 Å². The molecule has 1 aliphatic heterocycles. The van der Waals surface area contributed by atoms with Gasteiger partial charge in [0, 0.05) is 24.6 Å². The fourth-order valence-electron chi connectivity index (χ4n) is 2.83. The first-order chi connectivity index (χ1) is 10.6. The first kappa shape index (κ1) is 15.0. The van der Waals surface area contributed by atoms with Crippen molar-refractivity contribution in [2.75, 3.05) is 20.1 Å². The third-order valence-electron chi connectivity index (χ3n) is 4.39. The van der Waals surface area contributed by atoms with Crippen molar-refractivity contribution in [2.24, 2.45) is 5.92 Å². The summed E-state index contributed by atoms with van der Waals surface area (Å²) in [6, 6.07) is 10.0. The van der Waals surface area contributed by atoms with Crippen molar-refractivity contribution in [3.8, 4) is 0 Å². The SMILES string of the molecule is CN1CCC(=C(C(=N)OC(=N)C2CC2)c2ccccc2)CC1. The predicted molar refractivity (Wildman–Crippen MR) is 89.4 cm³/mol. The van der Waals surface area contributed by atoms with Crippen molar-refractivity contribution >= 4 is 17.4 Å². The van der Waals surface area contributed by atoms with Crippen molar-refractivity contribution in [1.29, 1.82) is 10.8 Å². The molecule has 116 valence electrons. The van der Waals surface area contributed by atoms with Gasteiger partial charge in [0.25, 0.3) is 0 Å². The van der Waals surface area contributed by atoms with E-state index in [4.69, 9.17) is 15.6 Å². The lowest BCUT2D eigenvalue weighted by atomic mass is 9.93. The minimum absolute atomic E-state index is 0.141. The van der Waals surface area contributed by atoms with Crippen molar-refractivity contribution in [3.63, 3.8) is 0 Å². The number of rotatable bonds is 3. The molecule has 4 nitrogen and oxygen atoms in total. The van der Waals surface area contributed by atoms with Gasteiger partial charge in [0.2, 0.25) is 5.90 Å². The van der Waals surface area contributed by atoms with Crippen LogP contribution in [0.1, 0.15) is 31.2 Å². The normalized spacial score (nSPS) is 18.9. The summed E-state index contributed by atoms with van der Waals surface area (Å²) < 4.78 is 5.57. The summed E-state index contributed by atoms with van der Waals surface area (Å²) in [7, 11) is 2.13. The third-order valence-corrected chi connectivity index (χ3v) is 4.39. The molecule has 1 saturated heterocycles. The second-order valence-electron chi connectivity index (χ2n) is 6.22. The highest BCUT2D eigenvalue weighted by Gasteiger charge is 2.30. The van der Waals surface area contributed by atoms with Crippen molar-refractivity contribution in [3.05, 3.63) is 41.5 Å². The Hall–Kier alpha value is -1.94. The van der Waals surface area contributed by atoms with E-state index in [1.807, 2.05) is 30.3 Å². The maximum absolute atomic E-state index is 8.39. The van der Waals surface area contributed by atoms with Gasteiger partial charge in [-0.2, -0.15) is 0 Å². The van der Waals surface area contributed by atoms with Crippen LogP contribution in [0.5, 0.6) is 0 Å². The smallest absolute Gasteiger partial charge is 0.221 e. The zero-order chi connectivity index (χ0) is 15.5. The molecule has 2 aliphatic rings. The molecule has 2 fully saturated rings. The van der Waals surface area contributed by atoms with Gasteiger partial charge in [-0.1, -0.05) is 35.9 Å². The summed E-state index contributed by atoms with van der Waals surface area (Å²) in [6.07, 6.45) is 3.97. The van der Waals surface area contributed by atoms with Crippen LogP contribution in [0, 0.1) is 16.7 Å². The molecule has 1 heterocycles. The summed E-state index contributed by atoms with van der Waals surface area (Å²) in [6.45, 7) is 2.03. The van der Waals surface area contributed by atoms with Crippen LogP contribution in [0.15, 0.2) is 35.9 Å². The molecule has 1 aromatic rings. The van der Waals surface area contributed by atoms with Crippen LogP contribution in [-0.4, -0.2) is 36.8 Å². The van der Waals surface area contributed by atoms with Gasteiger partial charge in [0.15, 0.2) is 5.90 Å². The largest absolute Gasteiger partial charge is 0.425 e. The number of piperidine rings is 1. The molecule has 1 aliphatic carbocycles. The van der Waals surface area contributed by atoms with E-state index in [9.17, 15) is 0 Å². The number of nitrogens with one attached hydrogen (secondary N) is 2. The molecule has 0 bridgehead atoms. The second kappa shape index (κ2) is 6.44. The van der Waals surface area contributed by atoms with Gasteiger partial charge in [-0.15, -0.1) is 0 Å². The molecule has 4 heteroatoms. The van der Waals surface area contributed by atoms with E-state index in [1.54, 1.807) is 0 Å². The molecule has 0 radical (unpaired) electrons. The Balaban J connectivity index is 1.87. The number of likely N-dealkylation sites (tertiary alicyclic amines) is 1. The second-order valence-corrected chi connectivity index (χ2v) is 6.22. The molecule has 2 N–H and O–H groups in total. The average molecular weight is 297 g/mol. The molecule has 0 spiro atoms. The van der Waals surface area contributed by atoms with Gasteiger partial charge in [-0.25, -0.2) is 0 Å². The van der Waals surface area contributed by atoms with E-state index in [2.05, 4.69) is 11.9 Å². The molecule has 0 atom stereocenters. The van der Waals surface area contributed by atoms with Crippen molar-refractivity contribution in [2.45, 2.75) is 25.7 Å². The molecule has 1 aromatic carbocycles. The van der Waals surface area contributed by atoms with E-state index < -0.39 is 0 Å². The summed E-state index contributed by atoms with van der Waals surface area (Å²) in [5.41, 5.74) is 3.19. The monoisotopic (exact) mass is 297 g/mol. The van der Waals surface area contributed by atoms with Crippen LogP contribution >= 0.6 is 0 Å². The molecule has 0 aromatic heterocycles. The van der Waals surface area contributed by atoms with E-state index in [1.165, 1.54) is 5.57 Å². The lowest BCUT2D eigenvalue weighted by Crippen LogP contribution is -2.28. The number of ether oxygens (including phenoxy) is 1. The van der Waals surface area contributed by atoms with Crippen molar-refractivity contribution < 1.29 is 4.74 Å². The van der Waals surface area contributed by atoms with Crippen LogP contribution in [0.2, 0.25) is 0 Å². The van der Waals surface area contributed by atoms with Crippen LogP contribution in [-0.2, 0) is 4.74 Å². The van der Waals surface area contributed by atoms with Gasteiger partial charge >= 0.3 is 0 Å². The average Bonchev–Trinajstić information content (AvgIpc) is 3.35. The predicted octanol–water partition coefficient (Wildman–Crippen LogP) is 3.55. The van der Waals surface area contributed by atoms with Crippen LogP contribution in [0.3, 0.4) is 0 Å². The number of benzene rings is 1. The first-order valence-corrected chi connectivity index (χ1v) is 7.96. The van der Waals surface area contributed by atoms with Crippen LogP contribution in [0.25, 0.3) is 5.57 Å². The fourth-order valence-corrected chi connectivity index (χ4v) is 2.83. The Morgan fingerprint density at radius 3 is 2.32 bits per heavy atom. The molecule has 0 amide bonds. The summed E-state index contributed by atoms with van der Waals surface area (Å²) in [4.78, 5) is 2.31. The Kier molecular flexibility index (Phi) is 4.39. The van der Waals surface area contributed by atoms with E-state index >= 15 is 0 Å². The Bertz CT molecular complexity index is 592. The zero-order valence-corrected chi connectivity index (χ0v) is 13.1. The molecule has 3 rings (SSSR count). The highest BCUT2D eigenvalue weighted by molar-refractivity contribution is 6.21. The first-order valence-electron chi connectivity index (χ1n) is 7.96. The maximum atomic E-state index is 8.39. The van der Waals surface area contributed by atoms with Gasteiger partial charge in [-0.3, -0.25) is 10.8 Å². The van der Waals surface area contributed by atoms with Crippen molar-refractivity contribution in [1.82, 2.24) is 4.90 Å². The highest BCUT2D eigenvalue weighted by atomic mass is 16.5. The van der Waals surface area contributed by atoms with E-state index in [-0.39, 0.29) is 17.7 Å². The van der Waals surface area contributed by atoms with E-state index in [0.29, 0.717) is 0 Å².